The van der Waals surface area contributed by atoms with Crippen LogP contribution in [0.4, 0.5) is 0 Å². The summed E-state index contributed by atoms with van der Waals surface area (Å²) in [5, 5.41) is 0. The summed E-state index contributed by atoms with van der Waals surface area (Å²) in [5.41, 5.74) is 1.20. The number of benzene rings is 1. The summed E-state index contributed by atoms with van der Waals surface area (Å²) in [6, 6.07) is 7.09. The van der Waals surface area contributed by atoms with Crippen LogP contribution in [0.2, 0.25) is 0 Å². The molecule has 1 aromatic carbocycles. The molecular weight excluding hydrogens is 432 g/mol. The van der Waals surface area contributed by atoms with Crippen LogP contribution in [-0.2, 0) is 0 Å². The Hall–Kier alpha value is -0.530. The van der Waals surface area contributed by atoms with Crippen LogP contribution in [0.1, 0.15) is 22.3 Å². The number of halogens is 3. The molecule has 1 aromatic heterocycles. The lowest BCUT2D eigenvalue weighted by molar-refractivity contribution is 0.0905. The largest absolute Gasteiger partial charge is 0.291 e. The number of Topliss-reactive ketones (excluding diaryl/α,β-unsaturated/α-hetero) is 1. The summed E-state index contributed by atoms with van der Waals surface area (Å²) in [7, 11) is 0. The minimum Gasteiger partial charge on any atom is -0.291 e. The van der Waals surface area contributed by atoms with Gasteiger partial charge in [-0.15, -0.1) is 0 Å². The first-order chi connectivity index (χ1) is 8.32. The standard InChI is InChI=1S/C11H7Br3N2O2/c1-6(17)9-15-7-4-2-3-5-8(7)16(9)10(18)11(12,13)14/h2-5H,1H3. The Morgan fingerprint density at radius 1 is 1.22 bits per heavy atom. The first-order valence-corrected chi connectivity index (χ1v) is 7.30. The van der Waals surface area contributed by atoms with E-state index in [1.807, 2.05) is 0 Å². The molecule has 4 nitrogen and oxygen atoms in total. The average Bonchev–Trinajstić information content (AvgIpc) is 2.65. The molecule has 0 radical (unpaired) electrons. The molecule has 0 amide bonds. The second-order valence-corrected chi connectivity index (χ2v) is 10.4. The number of aromatic nitrogens is 2. The molecule has 2 rings (SSSR count). The van der Waals surface area contributed by atoms with Gasteiger partial charge in [0.15, 0.2) is 11.6 Å². The van der Waals surface area contributed by atoms with E-state index >= 15 is 0 Å². The summed E-state index contributed by atoms with van der Waals surface area (Å²) < 4.78 is 0.163. The maximum atomic E-state index is 12.3. The first-order valence-electron chi connectivity index (χ1n) is 4.92. The number of para-hydroxylation sites is 2. The molecule has 0 unspecified atom stereocenters. The molecule has 0 bridgehead atoms. The van der Waals surface area contributed by atoms with Gasteiger partial charge in [-0.3, -0.25) is 14.2 Å². The highest BCUT2D eigenvalue weighted by Gasteiger charge is 2.33. The van der Waals surface area contributed by atoms with Crippen molar-refractivity contribution >= 4 is 70.5 Å². The molecule has 0 spiro atoms. The van der Waals surface area contributed by atoms with Gasteiger partial charge in [-0.05, 0) is 59.9 Å². The van der Waals surface area contributed by atoms with Gasteiger partial charge < -0.3 is 0 Å². The fraction of sp³-hybridized carbons (Fsp3) is 0.182. The first kappa shape index (κ1) is 13.9. The Kier molecular flexibility index (Phi) is 3.75. The Labute approximate surface area is 128 Å². The van der Waals surface area contributed by atoms with Crippen LogP contribution in [0.5, 0.6) is 0 Å². The van der Waals surface area contributed by atoms with Gasteiger partial charge in [0.05, 0.1) is 11.0 Å². The number of carbonyl (C=O) groups excluding carboxylic acids is 2. The monoisotopic (exact) mass is 436 g/mol. The van der Waals surface area contributed by atoms with E-state index in [9.17, 15) is 9.59 Å². The second kappa shape index (κ2) is 4.86. The summed E-state index contributed by atoms with van der Waals surface area (Å²) in [6.07, 6.45) is 0. The van der Waals surface area contributed by atoms with E-state index in [-0.39, 0.29) is 17.5 Å². The third kappa shape index (κ3) is 2.44. The predicted octanol–water partition coefficient (Wildman–Crippen LogP) is 3.72. The normalized spacial score (nSPS) is 11.8. The van der Waals surface area contributed by atoms with Gasteiger partial charge in [-0.1, -0.05) is 12.1 Å². The van der Waals surface area contributed by atoms with Gasteiger partial charge in [-0.2, -0.15) is 0 Å². The average molecular weight is 439 g/mol. The fourth-order valence-electron chi connectivity index (χ4n) is 1.59. The minimum atomic E-state index is -1.12. The number of fused-ring (bicyclic) bond motifs is 1. The van der Waals surface area contributed by atoms with Crippen LogP contribution in [-0.4, -0.2) is 23.4 Å². The van der Waals surface area contributed by atoms with Crippen LogP contribution < -0.4 is 0 Å². The van der Waals surface area contributed by atoms with Gasteiger partial charge in [0.1, 0.15) is 0 Å². The van der Waals surface area contributed by atoms with E-state index in [1.165, 1.54) is 11.5 Å². The number of alkyl halides is 3. The highest BCUT2D eigenvalue weighted by molar-refractivity contribution is 9.40. The highest BCUT2D eigenvalue weighted by atomic mass is 80.0. The van der Waals surface area contributed by atoms with Crippen LogP contribution in [0, 0.1) is 0 Å². The molecule has 0 aliphatic heterocycles. The van der Waals surface area contributed by atoms with Gasteiger partial charge in [0, 0.05) is 6.92 Å². The van der Waals surface area contributed by atoms with Crippen molar-refractivity contribution in [1.82, 2.24) is 9.55 Å². The number of hydrogen-bond donors (Lipinski definition) is 0. The summed E-state index contributed by atoms with van der Waals surface area (Å²) in [5.74, 6) is -0.526. The molecule has 94 valence electrons. The van der Waals surface area contributed by atoms with E-state index < -0.39 is 2.14 Å². The van der Waals surface area contributed by atoms with E-state index in [2.05, 4.69) is 52.8 Å². The molecule has 0 N–H and O–H groups in total. The van der Waals surface area contributed by atoms with Crippen molar-refractivity contribution in [2.75, 3.05) is 0 Å². The zero-order valence-corrected chi connectivity index (χ0v) is 13.9. The molecule has 0 aliphatic rings. The van der Waals surface area contributed by atoms with Crippen LogP contribution in [0.25, 0.3) is 11.0 Å². The van der Waals surface area contributed by atoms with Crippen molar-refractivity contribution in [1.29, 1.82) is 0 Å². The third-order valence-corrected chi connectivity index (χ3v) is 3.34. The summed E-state index contributed by atoms with van der Waals surface area (Å²) in [6.45, 7) is 1.38. The molecule has 18 heavy (non-hydrogen) atoms. The Morgan fingerprint density at radius 3 is 2.39 bits per heavy atom. The van der Waals surface area contributed by atoms with Crippen molar-refractivity contribution < 1.29 is 9.59 Å². The van der Waals surface area contributed by atoms with E-state index in [4.69, 9.17) is 0 Å². The quantitative estimate of drug-likeness (QED) is 0.503. The lowest BCUT2D eigenvalue weighted by Crippen LogP contribution is -2.27. The van der Waals surface area contributed by atoms with Crippen molar-refractivity contribution in [3.63, 3.8) is 0 Å². The molecule has 0 fully saturated rings. The summed E-state index contributed by atoms with van der Waals surface area (Å²) in [4.78, 5) is 28.1. The number of hydrogen-bond acceptors (Lipinski definition) is 3. The van der Waals surface area contributed by atoms with Crippen LogP contribution in [0.3, 0.4) is 0 Å². The molecule has 1 heterocycles. The predicted molar refractivity (Wildman–Crippen MR) is 79.9 cm³/mol. The second-order valence-electron chi connectivity index (χ2n) is 3.62. The fourth-order valence-corrected chi connectivity index (χ4v) is 2.13. The molecular formula is C11H7Br3N2O2. The Morgan fingerprint density at radius 2 is 1.83 bits per heavy atom. The van der Waals surface area contributed by atoms with Gasteiger partial charge in [0.2, 0.25) is 2.14 Å². The minimum absolute atomic E-state index is 0.115. The van der Waals surface area contributed by atoms with Crippen LogP contribution in [0.15, 0.2) is 24.3 Å². The Bertz CT molecular complexity index is 643. The Balaban J connectivity index is 2.78. The van der Waals surface area contributed by atoms with E-state index in [0.717, 1.165) is 0 Å². The zero-order chi connectivity index (χ0) is 13.5. The van der Waals surface area contributed by atoms with Gasteiger partial charge in [-0.25, -0.2) is 4.98 Å². The molecule has 0 saturated carbocycles. The lowest BCUT2D eigenvalue weighted by atomic mass is 10.3. The zero-order valence-electron chi connectivity index (χ0n) is 9.15. The molecule has 0 saturated heterocycles. The van der Waals surface area contributed by atoms with Crippen molar-refractivity contribution in [3.8, 4) is 0 Å². The van der Waals surface area contributed by atoms with Gasteiger partial charge in [0.25, 0.3) is 5.91 Å². The lowest BCUT2D eigenvalue weighted by Gasteiger charge is -2.13. The van der Waals surface area contributed by atoms with Crippen molar-refractivity contribution in [2.45, 2.75) is 9.07 Å². The number of rotatable bonds is 1. The number of imidazole rings is 1. The highest BCUT2D eigenvalue weighted by Crippen LogP contribution is 2.36. The van der Waals surface area contributed by atoms with E-state index in [0.29, 0.717) is 11.0 Å². The number of ketones is 1. The molecule has 0 aliphatic carbocycles. The maximum Gasteiger partial charge on any atom is 0.271 e. The summed E-state index contributed by atoms with van der Waals surface area (Å²) >= 11 is 9.47. The van der Waals surface area contributed by atoms with Gasteiger partial charge >= 0.3 is 0 Å². The van der Waals surface area contributed by atoms with E-state index in [1.54, 1.807) is 24.3 Å². The molecule has 7 heteroatoms. The topological polar surface area (TPSA) is 52.0 Å². The van der Waals surface area contributed by atoms with Crippen molar-refractivity contribution in [3.05, 3.63) is 30.1 Å². The van der Waals surface area contributed by atoms with Crippen molar-refractivity contribution in [2.24, 2.45) is 0 Å². The molecule has 0 atom stereocenters. The molecule has 2 aromatic rings. The maximum absolute atomic E-state index is 12.3. The SMILES string of the molecule is CC(=O)c1nc2ccccc2n1C(=O)C(Br)(Br)Br. The van der Waals surface area contributed by atoms with Crippen LogP contribution >= 0.6 is 47.8 Å². The third-order valence-electron chi connectivity index (χ3n) is 2.32. The number of nitrogens with zero attached hydrogens (tertiary/aromatic N) is 2. The number of carbonyl (C=O) groups is 2. The smallest absolute Gasteiger partial charge is 0.271 e.